The first-order chi connectivity index (χ1) is 14.8. The molecule has 0 atom stereocenters. The fourth-order valence-electron chi connectivity index (χ4n) is 3.42. The van der Waals surface area contributed by atoms with Crippen molar-refractivity contribution < 1.29 is 14.0 Å². The summed E-state index contributed by atoms with van der Waals surface area (Å²) in [7, 11) is 0. The Hall–Kier alpha value is -3.32. The lowest BCUT2D eigenvalue weighted by molar-refractivity contribution is -0.120. The molecule has 3 aromatic rings. The maximum absolute atomic E-state index is 13.8. The molecule has 2 amide bonds. The van der Waals surface area contributed by atoms with Crippen molar-refractivity contribution in [2.24, 2.45) is 4.99 Å². The summed E-state index contributed by atoms with van der Waals surface area (Å²) in [6.07, 6.45) is 0.0970. The van der Waals surface area contributed by atoms with E-state index in [0.717, 1.165) is 16.0 Å². The molecule has 0 radical (unpaired) electrons. The topological polar surface area (TPSA) is 61.8 Å². The molecule has 2 aromatic carbocycles. The van der Waals surface area contributed by atoms with Gasteiger partial charge >= 0.3 is 0 Å². The molecule has 0 saturated heterocycles. The van der Waals surface area contributed by atoms with Crippen LogP contribution in [0.2, 0.25) is 0 Å². The van der Waals surface area contributed by atoms with Gasteiger partial charge in [0.2, 0.25) is 11.8 Å². The number of aliphatic imine (C=N–C) groups is 1. The van der Waals surface area contributed by atoms with E-state index in [4.69, 9.17) is 4.99 Å². The minimum absolute atomic E-state index is 0.0970. The quantitative estimate of drug-likeness (QED) is 0.604. The van der Waals surface area contributed by atoms with Crippen LogP contribution in [0, 0.1) is 26.6 Å². The lowest BCUT2D eigenvalue weighted by Crippen LogP contribution is -2.38. The van der Waals surface area contributed by atoms with E-state index in [2.05, 4.69) is 5.32 Å². The van der Waals surface area contributed by atoms with E-state index in [1.165, 1.54) is 22.3 Å². The van der Waals surface area contributed by atoms with Crippen molar-refractivity contribution in [3.05, 3.63) is 75.2 Å². The van der Waals surface area contributed by atoms with E-state index in [1.807, 2.05) is 43.5 Å². The molecule has 0 spiro atoms. The summed E-state index contributed by atoms with van der Waals surface area (Å²) in [5.74, 6) is -1.01. The second kappa shape index (κ2) is 8.43. The largest absolute Gasteiger partial charge is 0.324 e. The number of hydrogen-bond donors (Lipinski definition) is 1. The van der Waals surface area contributed by atoms with Crippen LogP contribution in [-0.2, 0) is 9.59 Å². The minimum atomic E-state index is -0.402. The van der Waals surface area contributed by atoms with Crippen molar-refractivity contribution in [3.8, 4) is 0 Å². The molecule has 158 valence electrons. The number of benzene rings is 2. The molecular formula is C24H22FN3O2S. The smallest absolute Gasteiger partial charge is 0.244 e. The van der Waals surface area contributed by atoms with Crippen LogP contribution in [0.25, 0.3) is 0 Å². The Morgan fingerprint density at radius 2 is 1.90 bits per heavy atom. The molecule has 1 aromatic heterocycles. The van der Waals surface area contributed by atoms with Gasteiger partial charge in [0.1, 0.15) is 12.4 Å². The number of nitrogens with one attached hydrogen (secondary N) is 1. The second-order valence-corrected chi connectivity index (χ2v) is 8.58. The van der Waals surface area contributed by atoms with Crippen LogP contribution in [0.1, 0.15) is 28.0 Å². The number of nitrogens with zero attached hydrogens (tertiary/aromatic N) is 2. The van der Waals surface area contributed by atoms with Gasteiger partial charge in [0.15, 0.2) is 0 Å². The predicted molar refractivity (Wildman–Crippen MR) is 123 cm³/mol. The lowest BCUT2D eigenvalue weighted by atomic mass is 10.1. The average Bonchev–Trinajstić information content (AvgIpc) is 3.22. The molecule has 5 nitrogen and oxygen atoms in total. The van der Waals surface area contributed by atoms with Gasteiger partial charge in [-0.05, 0) is 73.2 Å². The fraction of sp³-hybridized carbons (Fsp3) is 0.208. The highest BCUT2D eigenvalue weighted by Crippen LogP contribution is 2.36. The fourth-order valence-corrected chi connectivity index (χ4v) is 4.14. The normalized spacial score (nSPS) is 13.5. The van der Waals surface area contributed by atoms with E-state index in [0.29, 0.717) is 28.3 Å². The third-order valence-electron chi connectivity index (χ3n) is 5.32. The zero-order valence-corrected chi connectivity index (χ0v) is 18.3. The summed E-state index contributed by atoms with van der Waals surface area (Å²) in [6, 6.07) is 12.2. The van der Waals surface area contributed by atoms with Gasteiger partial charge in [0.25, 0.3) is 0 Å². The minimum Gasteiger partial charge on any atom is -0.324 e. The Kier molecular flexibility index (Phi) is 5.69. The number of fused-ring (bicyclic) bond motifs is 1. The van der Waals surface area contributed by atoms with E-state index in [-0.39, 0.29) is 18.9 Å². The molecule has 2 heterocycles. The van der Waals surface area contributed by atoms with E-state index < -0.39 is 11.7 Å². The van der Waals surface area contributed by atoms with Crippen LogP contribution in [0.15, 0.2) is 52.8 Å². The SMILES string of the molecule is Cc1cc2c(cc1C)N(CC(=O)Nc1ccc(C)c(F)c1)C(=O)CC(c1cccs1)=N2. The van der Waals surface area contributed by atoms with Crippen LogP contribution in [0.5, 0.6) is 0 Å². The number of anilines is 2. The first-order valence-corrected chi connectivity index (χ1v) is 10.8. The molecule has 1 aliphatic rings. The summed E-state index contributed by atoms with van der Waals surface area (Å²) in [5.41, 5.74) is 4.86. The predicted octanol–water partition coefficient (Wildman–Crippen LogP) is 5.31. The first kappa shape index (κ1) is 20.9. The molecule has 1 N–H and O–H groups in total. The third-order valence-corrected chi connectivity index (χ3v) is 6.24. The van der Waals surface area contributed by atoms with E-state index in [1.54, 1.807) is 19.1 Å². The zero-order valence-electron chi connectivity index (χ0n) is 17.5. The molecule has 1 aliphatic heterocycles. The number of rotatable bonds is 4. The second-order valence-electron chi connectivity index (χ2n) is 7.63. The van der Waals surface area contributed by atoms with Crippen molar-refractivity contribution >= 4 is 45.9 Å². The highest BCUT2D eigenvalue weighted by molar-refractivity contribution is 7.12. The monoisotopic (exact) mass is 435 g/mol. The Labute approximate surface area is 184 Å². The number of halogens is 1. The highest BCUT2D eigenvalue weighted by Gasteiger charge is 2.27. The summed E-state index contributed by atoms with van der Waals surface area (Å²) in [5, 5.41) is 4.63. The van der Waals surface area contributed by atoms with Crippen LogP contribution in [0.4, 0.5) is 21.5 Å². The first-order valence-electron chi connectivity index (χ1n) is 9.91. The number of carbonyl (C=O) groups is 2. The van der Waals surface area contributed by atoms with Crippen LogP contribution in [-0.4, -0.2) is 24.1 Å². The molecule has 31 heavy (non-hydrogen) atoms. The van der Waals surface area contributed by atoms with E-state index >= 15 is 0 Å². The summed E-state index contributed by atoms with van der Waals surface area (Å²) < 4.78 is 13.8. The Bertz CT molecular complexity index is 1200. The standard InChI is InChI=1S/C24H22FN3O2S/c1-14-6-7-17(11-18(14)25)26-23(29)13-28-21-10-16(3)15(2)9-19(21)27-20(12-24(28)30)22-5-4-8-31-22/h4-11H,12-13H2,1-3H3,(H,26,29). The molecule has 0 aliphatic carbocycles. The summed E-state index contributed by atoms with van der Waals surface area (Å²) in [4.78, 5) is 33.1. The maximum atomic E-state index is 13.8. The van der Waals surface area contributed by atoms with Gasteiger partial charge in [0, 0.05) is 10.6 Å². The Balaban J connectivity index is 1.65. The number of aryl methyl sites for hydroxylation is 3. The molecule has 7 heteroatoms. The lowest BCUT2D eigenvalue weighted by Gasteiger charge is -2.23. The van der Waals surface area contributed by atoms with Gasteiger partial charge in [-0.1, -0.05) is 12.1 Å². The van der Waals surface area contributed by atoms with Gasteiger partial charge < -0.3 is 10.2 Å². The Morgan fingerprint density at radius 3 is 2.61 bits per heavy atom. The summed E-state index contributed by atoms with van der Waals surface area (Å²) in [6.45, 7) is 5.42. The van der Waals surface area contributed by atoms with Crippen molar-refractivity contribution in [1.82, 2.24) is 0 Å². The molecule has 0 saturated carbocycles. The molecule has 0 fully saturated rings. The van der Waals surface area contributed by atoms with Gasteiger partial charge in [0.05, 0.1) is 23.5 Å². The van der Waals surface area contributed by atoms with Crippen molar-refractivity contribution in [1.29, 1.82) is 0 Å². The van der Waals surface area contributed by atoms with Crippen molar-refractivity contribution in [3.63, 3.8) is 0 Å². The molecular weight excluding hydrogens is 413 g/mol. The number of thiophene rings is 1. The molecule has 0 unspecified atom stereocenters. The van der Waals surface area contributed by atoms with Gasteiger partial charge in [-0.15, -0.1) is 11.3 Å². The van der Waals surface area contributed by atoms with E-state index in [9.17, 15) is 14.0 Å². The highest BCUT2D eigenvalue weighted by atomic mass is 32.1. The number of hydrogen-bond acceptors (Lipinski definition) is 4. The maximum Gasteiger partial charge on any atom is 0.244 e. The van der Waals surface area contributed by atoms with Crippen molar-refractivity contribution in [2.45, 2.75) is 27.2 Å². The zero-order chi connectivity index (χ0) is 22.1. The molecule has 4 rings (SSSR count). The average molecular weight is 436 g/mol. The van der Waals surface area contributed by atoms with Gasteiger partial charge in [-0.25, -0.2) is 9.38 Å². The third kappa shape index (κ3) is 4.41. The van der Waals surface area contributed by atoms with Crippen LogP contribution in [0.3, 0.4) is 0 Å². The number of carbonyl (C=O) groups excluding carboxylic acids is 2. The van der Waals surface area contributed by atoms with Gasteiger partial charge in [-0.3, -0.25) is 9.59 Å². The molecule has 0 bridgehead atoms. The Morgan fingerprint density at radius 1 is 1.13 bits per heavy atom. The number of amides is 2. The summed E-state index contributed by atoms with van der Waals surface area (Å²) >= 11 is 1.53. The van der Waals surface area contributed by atoms with Crippen molar-refractivity contribution in [2.75, 3.05) is 16.8 Å². The van der Waals surface area contributed by atoms with Crippen LogP contribution >= 0.6 is 11.3 Å². The van der Waals surface area contributed by atoms with Crippen LogP contribution < -0.4 is 10.2 Å². The van der Waals surface area contributed by atoms with Gasteiger partial charge in [-0.2, -0.15) is 0 Å².